The Balaban J connectivity index is 1.90. The van der Waals surface area contributed by atoms with E-state index in [0.29, 0.717) is 5.56 Å². The van der Waals surface area contributed by atoms with Gasteiger partial charge >= 0.3 is 5.97 Å². The van der Waals surface area contributed by atoms with Gasteiger partial charge in [-0.05, 0) is 17.7 Å². The van der Waals surface area contributed by atoms with Gasteiger partial charge in [0.1, 0.15) is 0 Å². The first-order valence-corrected chi connectivity index (χ1v) is 9.66. The molecular formula is C18H12ClFN2O4S. The summed E-state index contributed by atoms with van der Waals surface area (Å²) in [5.74, 6) is -2.53. The van der Waals surface area contributed by atoms with E-state index in [1.165, 1.54) is 18.2 Å². The van der Waals surface area contributed by atoms with E-state index < -0.39 is 32.5 Å². The zero-order valence-corrected chi connectivity index (χ0v) is 15.2. The lowest BCUT2D eigenvalue weighted by molar-refractivity contribution is 0.0720. The first kappa shape index (κ1) is 18.9. The van der Waals surface area contributed by atoms with E-state index in [1.54, 1.807) is 30.3 Å². The number of hydrogen-bond acceptors (Lipinski definition) is 6. The maximum atomic E-state index is 13.6. The molecule has 0 spiro atoms. The molecule has 27 heavy (non-hydrogen) atoms. The lowest BCUT2D eigenvalue weighted by atomic mass is 10.2. The Morgan fingerprint density at radius 3 is 2.44 bits per heavy atom. The van der Waals surface area contributed by atoms with Gasteiger partial charge < -0.3 is 4.74 Å². The van der Waals surface area contributed by atoms with Crippen LogP contribution in [0.1, 0.15) is 16.1 Å². The summed E-state index contributed by atoms with van der Waals surface area (Å²) in [7, 11) is -3.93. The Hall–Kier alpha value is -2.84. The van der Waals surface area contributed by atoms with E-state index in [4.69, 9.17) is 16.3 Å². The summed E-state index contributed by atoms with van der Waals surface area (Å²) >= 11 is 5.89. The van der Waals surface area contributed by atoms with Crippen LogP contribution >= 0.6 is 11.6 Å². The van der Waals surface area contributed by atoms with E-state index >= 15 is 0 Å². The minimum Gasteiger partial charge on any atom is -0.419 e. The van der Waals surface area contributed by atoms with Crippen molar-refractivity contribution in [3.05, 3.63) is 82.9 Å². The zero-order valence-electron chi connectivity index (χ0n) is 13.7. The molecule has 0 saturated heterocycles. The molecule has 1 heterocycles. The van der Waals surface area contributed by atoms with Crippen LogP contribution in [0.15, 0.2) is 66.0 Å². The van der Waals surface area contributed by atoms with Crippen molar-refractivity contribution in [3.8, 4) is 5.75 Å². The second kappa shape index (κ2) is 7.81. The second-order valence-electron chi connectivity index (χ2n) is 5.41. The molecule has 0 saturated carbocycles. The largest absolute Gasteiger partial charge is 0.419 e. The van der Waals surface area contributed by atoms with Gasteiger partial charge in [0.2, 0.25) is 15.0 Å². The highest BCUT2D eigenvalue weighted by molar-refractivity contribution is 7.90. The SMILES string of the molecule is O=C(Oc1ccccc1F)c1nc(S(=O)(=O)Cc2ccccc2)ncc1Cl. The Kier molecular flexibility index (Phi) is 5.48. The Morgan fingerprint density at radius 1 is 1.07 bits per heavy atom. The van der Waals surface area contributed by atoms with Crippen LogP contribution in [-0.4, -0.2) is 24.4 Å². The van der Waals surface area contributed by atoms with E-state index in [2.05, 4.69) is 9.97 Å². The Labute approximate surface area is 159 Å². The summed E-state index contributed by atoms with van der Waals surface area (Å²) in [6.07, 6.45) is 0.990. The average molecular weight is 407 g/mol. The summed E-state index contributed by atoms with van der Waals surface area (Å²) in [4.78, 5) is 19.7. The molecular weight excluding hydrogens is 395 g/mol. The molecule has 0 aliphatic rings. The molecule has 0 aliphatic heterocycles. The van der Waals surface area contributed by atoms with Gasteiger partial charge in [-0.1, -0.05) is 54.1 Å². The number of halogens is 2. The van der Waals surface area contributed by atoms with Crippen LogP contribution in [0.4, 0.5) is 4.39 Å². The van der Waals surface area contributed by atoms with Crippen LogP contribution in [0.5, 0.6) is 5.75 Å². The number of carbonyl (C=O) groups is 1. The van der Waals surface area contributed by atoms with Crippen LogP contribution in [0, 0.1) is 5.82 Å². The number of hydrogen-bond donors (Lipinski definition) is 0. The van der Waals surface area contributed by atoms with Gasteiger partial charge in [0.15, 0.2) is 17.3 Å². The third-order valence-electron chi connectivity index (χ3n) is 3.43. The maximum Gasteiger partial charge on any atom is 0.364 e. The molecule has 3 aromatic rings. The van der Waals surface area contributed by atoms with Gasteiger partial charge in [-0.2, -0.15) is 0 Å². The highest BCUT2D eigenvalue weighted by Gasteiger charge is 2.24. The smallest absolute Gasteiger partial charge is 0.364 e. The van der Waals surface area contributed by atoms with Crippen LogP contribution in [0.3, 0.4) is 0 Å². The molecule has 0 aliphatic carbocycles. The summed E-state index contributed by atoms with van der Waals surface area (Å²) in [5.41, 5.74) is 0.0630. The molecule has 138 valence electrons. The molecule has 6 nitrogen and oxygen atoms in total. The Bertz CT molecular complexity index is 1090. The van der Waals surface area contributed by atoms with Gasteiger partial charge in [0.05, 0.1) is 17.0 Å². The van der Waals surface area contributed by atoms with E-state index in [1.807, 2.05) is 0 Å². The van der Waals surface area contributed by atoms with Crippen molar-refractivity contribution in [2.24, 2.45) is 0 Å². The van der Waals surface area contributed by atoms with E-state index in [9.17, 15) is 17.6 Å². The average Bonchev–Trinajstić information content (AvgIpc) is 2.64. The second-order valence-corrected chi connectivity index (χ2v) is 7.70. The summed E-state index contributed by atoms with van der Waals surface area (Å²) in [6.45, 7) is 0. The normalized spacial score (nSPS) is 11.2. The summed E-state index contributed by atoms with van der Waals surface area (Å²) in [6, 6.07) is 13.7. The fourth-order valence-corrected chi connectivity index (χ4v) is 3.55. The number of carbonyl (C=O) groups excluding carboxylic acids is 1. The predicted octanol–water partition coefficient (Wildman–Crippen LogP) is 3.46. The lowest BCUT2D eigenvalue weighted by Gasteiger charge is -2.08. The van der Waals surface area contributed by atoms with Crippen molar-refractivity contribution in [2.75, 3.05) is 0 Å². The number of rotatable bonds is 5. The topological polar surface area (TPSA) is 86.2 Å². The van der Waals surface area contributed by atoms with Crippen molar-refractivity contribution in [1.29, 1.82) is 0 Å². The molecule has 0 atom stereocenters. The van der Waals surface area contributed by atoms with Crippen molar-refractivity contribution < 1.29 is 22.3 Å². The minimum absolute atomic E-state index is 0.213. The third-order valence-corrected chi connectivity index (χ3v) is 5.18. The molecule has 1 aromatic heterocycles. The first-order valence-electron chi connectivity index (χ1n) is 7.63. The van der Waals surface area contributed by atoms with Crippen LogP contribution < -0.4 is 4.74 Å². The molecule has 0 amide bonds. The molecule has 0 N–H and O–H groups in total. The summed E-state index contributed by atoms with van der Waals surface area (Å²) in [5, 5.41) is -0.786. The zero-order chi connectivity index (χ0) is 19.4. The van der Waals surface area contributed by atoms with Crippen molar-refractivity contribution >= 4 is 27.4 Å². The number of ether oxygens (including phenoxy) is 1. The van der Waals surface area contributed by atoms with E-state index in [-0.39, 0.29) is 16.5 Å². The van der Waals surface area contributed by atoms with Crippen LogP contribution in [0.2, 0.25) is 5.02 Å². The van der Waals surface area contributed by atoms with Gasteiger partial charge in [0.25, 0.3) is 0 Å². The number of benzene rings is 2. The van der Waals surface area contributed by atoms with Gasteiger partial charge in [-0.15, -0.1) is 0 Å². The van der Waals surface area contributed by atoms with Crippen LogP contribution in [-0.2, 0) is 15.6 Å². The number of sulfone groups is 1. The van der Waals surface area contributed by atoms with E-state index in [0.717, 1.165) is 12.3 Å². The molecule has 0 radical (unpaired) electrons. The standard InChI is InChI=1S/C18H12ClFN2O4S/c19-13-10-21-18(27(24,25)11-12-6-2-1-3-7-12)22-16(13)17(23)26-15-9-5-4-8-14(15)20/h1-10H,11H2. The van der Waals surface area contributed by atoms with Crippen molar-refractivity contribution in [3.63, 3.8) is 0 Å². The number of aromatic nitrogens is 2. The first-order chi connectivity index (χ1) is 12.9. The molecule has 3 rings (SSSR count). The maximum absolute atomic E-state index is 13.6. The third kappa shape index (κ3) is 4.47. The highest BCUT2D eigenvalue weighted by Crippen LogP contribution is 2.21. The molecule has 0 unspecified atom stereocenters. The number of nitrogens with zero attached hydrogens (tertiary/aromatic N) is 2. The summed E-state index contributed by atoms with van der Waals surface area (Å²) < 4.78 is 43.6. The molecule has 0 fully saturated rings. The quantitative estimate of drug-likeness (QED) is 0.366. The molecule has 9 heteroatoms. The van der Waals surface area contributed by atoms with Gasteiger partial charge in [0, 0.05) is 0 Å². The molecule has 2 aromatic carbocycles. The van der Waals surface area contributed by atoms with Crippen molar-refractivity contribution in [2.45, 2.75) is 10.9 Å². The minimum atomic E-state index is -3.93. The predicted molar refractivity (Wildman–Crippen MR) is 95.7 cm³/mol. The van der Waals surface area contributed by atoms with Crippen LogP contribution in [0.25, 0.3) is 0 Å². The Morgan fingerprint density at radius 2 is 1.74 bits per heavy atom. The fourth-order valence-electron chi connectivity index (χ4n) is 2.18. The number of esters is 1. The fraction of sp³-hybridized carbons (Fsp3) is 0.0556. The van der Waals surface area contributed by atoms with Gasteiger partial charge in [-0.25, -0.2) is 27.6 Å². The lowest BCUT2D eigenvalue weighted by Crippen LogP contribution is -2.17. The van der Waals surface area contributed by atoms with Crippen molar-refractivity contribution in [1.82, 2.24) is 9.97 Å². The number of para-hydroxylation sites is 1. The highest BCUT2D eigenvalue weighted by atomic mass is 35.5. The molecule has 0 bridgehead atoms. The monoisotopic (exact) mass is 406 g/mol. The van der Waals surface area contributed by atoms with Gasteiger partial charge in [-0.3, -0.25) is 0 Å².